The molecule has 0 saturated heterocycles. The van der Waals surface area contributed by atoms with Gasteiger partial charge in [-0.05, 0) is 18.4 Å². The van der Waals surface area contributed by atoms with E-state index in [4.69, 9.17) is 14.3 Å². The summed E-state index contributed by atoms with van der Waals surface area (Å²) in [4.78, 5) is 27.3. The molecule has 22 heavy (non-hydrogen) atoms. The fraction of sp³-hybridized carbons (Fsp3) is 0.357. The Bertz CT molecular complexity index is 636. The van der Waals surface area contributed by atoms with Crippen LogP contribution < -0.4 is 5.32 Å². The van der Waals surface area contributed by atoms with E-state index in [0.29, 0.717) is 17.3 Å². The van der Waals surface area contributed by atoms with Crippen molar-refractivity contribution in [1.29, 1.82) is 0 Å². The molecule has 0 aliphatic rings. The van der Waals surface area contributed by atoms with Gasteiger partial charge < -0.3 is 19.6 Å². The lowest BCUT2D eigenvalue weighted by Gasteiger charge is -2.04. The normalized spacial score (nSPS) is 10.6. The number of carbonyl (C=O) groups excluding carboxylic acids is 1. The summed E-state index contributed by atoms with van der Waals surface area (Å²) in [5, 5.41) is 13.0. The van der Waals surface area contributed by atoms with Gasteiger partial charge in [0, 0.05) is 6.54 Å². The molecule has 0 bridgehead atoms. The minimum Gasteiger partial charge on any atom is -0.480 e. The quantitative estimate of drug-likeness (QED) is 0.713. The van der Waals surface area contributed by atoms with E-state index in [1.165, 1.54) is 11.3 Å². The first-order valence-corrected chi connectivity index (χ1v) is 7.50. The van der Waals surface area contributed by atoms with Crippen molar-refractivity contribution < 1.29 is 23.8 Å². The van der Waals surface area contributed by atoms with Crippen LogP contribution in [0.1, 0.15) is 11.5 Å². The molecule has 0 aromatic carbocycles. The van der Waals surface area contributed by atoms with E-state index in [1.807, 2.05) is 17.5 Å². The van der Waals surface area contributed by atoms with Gasteiger partial charge in [0.1, 0.15) is 12.4 Å². The van der Waals surface area contributed by atoms with Gasteiger partial charge in [-0.25, -0.2) is 9.78 Å². The van der Waals surface area contributed by atoms with E-state index in [1.54, 1.807) is 6.92 Å². The molecule has 0 radical (unpaired) electrons. The van der Waals surface area contributed by atoms with Gasteiger partial charge in [-0.2, -0.15) is 0 Å². The predicted octanol–water partition coefficient (Wildman–Crippen LogP) is 1.47. The number of rotatable bonds is 8. The second kappa shape index (κ2) is 7.71. The maximum absolute atomic E-state index is 11.8. The molecule has 2 aromatic heterocycles. The van der Waals surface area contributed by atoms with Crippen LogP contribution >= 0.6 is 11.3 Å². The number of carboxylic acids is 1. The minimum atomic E-state index is -1.04. The average molecular weight is 324 g/mol. The number of carbonyl (C=O) groups is 2. The third-order valence-electron chi connectivity index (χ3n) is 2.75. The van der Waals surface area contributed by atoms with E-state index in [2.05, 4.69) is 10.3 Å². The zero-order chi connectivity index (χ0) is 15.9. The summed E-state index contributed by atoms with van der Waals surface area (Å²) >= 11 is 1.52. The van der Waals surface area contributed by atoms with Crippen LogP contribution in [0.2, 0.25) is 0 Å². The molecule has 0 aliphatic heterocycles. The molecule has 0 fully saturated rings. The lowest BCUT2D eigenvalue weighted by molar-refractivity contribution is -0.142. The minimum absolute atomic E-state index is 0.111. The smallest absolute Gasteiger partial charge is 0.329 e. The van der Waals surface area contributed by atoms with Crippen LogP contribution in [0.15, 0.2) is 21.9 Å². The van der Waals surface area contributed by atoms with Crippen LogP contribution in [0, 0.1) is 6.92 Å². The number of oxazole rings is 1. The lowest BCUT2D eigenvalue weighted by atomic mass is 10.2. The molecule has 0 unspecified atom stereocenters. The molecular weight excluding hydrogens is 308 g/mol. The average Bonchev–Trinajstić information content (AvgIpc) is 3.08. The molecule has 7 nitrogen and oxygen atoms in total. The van der Waals surface area contributed by atoms with E-state index in [-0.39, 0.29) is 32.1 Å². The largest absolute Gasteiger partial charge is 0.480 e. The molecule has 2 N–H and O–H groups in total. The SMILES string of the molecule is Cc1oc(-c2cccs2)nc1CC(=O)NCCOCC(=O)O. The number of thiophene rings is 1. The lowest BCUT2D eigenvalue weighted by Crippen LogP contribution is -2.29. The van der Waals surface area contributed by atoms with E-state index in [0.717, 1.165) is 4.88 Å². The number of aryl methyl sites for hydroxylation is 1. The summed E-state index contributed by atoms with van der Waals surface area (Å²) in [5.74, 6) is -0.125. The molecule has 0 spiro atoms. The number of nitrogens with one attached hydrogen (secondary N) is 1. The number of aromatic nitrogens is 1. The Morgan fingerprint density at radius 2 is 2.32 bits per heavy atom. The number of amides is 1. The number of nitrogens with zero attached hydrogens (tertiary/aromatic N) is 1. The van der Waals surface area contributed by atoms with Crippen LogP contribution in [0.5, 0.6) is 0 Å². The maximum Gasteiger partial charge on any atom is 0.329 e. The van der Waals surface area contributed by atoms with Gasteiger partial charge >= 0.3 is 5.97 Å². The van der Waals surface area contributed by atoms with Crippen LogP contribution in [0.3, 0.4) is 0 Å². The van der Waals surface area contributed by atoms with Crippen LogP contribution in [-0.4, -0.2) is 41.7 Å². The van der Waals surface area contributed by atoms with Crippen molar-refractivity contribution in [2.24, 2.45) is 0 Å². The Morgan fingerprint density at radius 3 is 3.00 bits per heavy atom. The molecule has 0 saturated carbocycles. The molecule has 118 valence electrons. The van der Waals surface area contributed by atoms with Crippen LogP contribution in [0.4, 0.5) is 0 Å². The number of hydrogen-bond donors (Lipinski definition) is 2. The molecule has 2 aromatic rings. The highest BCUT2D eigenvalue weighted by Crippen LogP contribution is 2.25. The van der Waals surface area contributed by atoms with Crippen LogP contribution in [-0.2, 0) is 20.7 Å². The van der Waals surface area contributed by atoms with Gasteiger partial charge in [0.25, 0.3) is 0 Å². The maximum atomic E-state index is 11.8. The van der Waals surface area contributed by atoms with Crippen molar-refractivity contribution in [1.82, 2.24) is 10.3 Å². The second-order valence-corrected chi connectivity index (χ2v) is 5.42. The van der Waals surface area contributed by atoms with Crippen molar-refractivity contribution in [3.05, 3.63) is 29.0 Å². The van der Waals surface area contributed by atoms with Crippen LogP contribution in [0.25, 0.3) is 10.8 Å². The van der Waals surface area contributed by atoms with E-state index >= 15 is 0 Å². The van der Waals surface area contributed by atoms with Crippen molar-refractivity contribution >= 4 is 23.2 Å². The molecule has 0 aliphatic carbocycles. The summed E-state index contributed by atoms with van der Waals surface area (Å²) in [6.07, 6.45) is 0.111. The molecular formula is C14H16N2O5S. The summed E-state index contributed by atoms with van der Waals surface area (Å²) in [7, 11) is 0. The fourth-order valence-corrected chi connectivity index (χ4v) is 2.38. The fourth-order valence-electron chi connectivity index (χ4n) is 1.73. The van der Waals surface area contributed by atoms with Gasteiger partial charge in [-0.15, -0.1) is 11.3 Å². The Kier molecular flexibility index (Phi) is 5.68. The Hall–Kier alpha value is -2.19. The number of hydrogen-bond acceptors (Lipinski definition) is 6. The zero-order valence-electron chi connectivity index (χ0n) is 12.0. The van der Waals surface area contributed by atoms with Gasteiger partial charge in [0.15, 0.2) is 0 Å². The second-order valence-electron chi connectivity index (χ2n) is 4.47. The first kappa shape index (κ1) is 16.2. The molecule has 2 rings (SSSR count). The molecule has 2 heterocycles. The van der Waals surface area contributed by atoms with Gasteiger partial charge in [0.2, 0.25) is 11.8 Å². The topological polar surface area (TPSA) is 102 Å². The highest BCUT2D eigenvalue weighted by molar-refractivity contribution is 7.13. The standard InChI is InChI=1S/C14H16N2O5S/c1-9-10(16-14(21-9)11-3-2-6-22-11)7-12(17)15-4-5-20-8-13(18)19/h2-3,6H,4-5,7-8H2,1H3,(H,15,17)(H,18,19). The Morgan fingerprint density at radius 1 is 1.50 bits per heavy atom. The number of carboxylic acid groups (broad SMARTS) is 1. The first-order valence-electron chi connectivity index (χ1n) is 6.62. The van der Waals surface area contributed by atoms with Crippen molar-refractivity contribution in [2.75, 3.05) is 19.8 Å². The van der Waals surface area contributed by atoms with Crippen molar-refractivity contribution in [2.45, 2.75) is 13.3 Å². The van der Waals surface area contributed by atoms with Crippen molar-refractivity contribution in [3.8, 4) is 10.8 Å². The Labute approximate surface area is 130 Å². The summed E-state index contributed by atoms with van der Waals surface area (Å²) in [6, 6.07) is 3.81. The third-order valence-corrected chi connectivity index (χ3v) is 3.60. The van der Waals surface area contributed by atoms with Gasteiger partial charge in [-0.3, -0.25) is 4.79 Å². The summed E-state index contributed by atoms with van der Waals surface area (Å²) in [6.45, 7) is 1.79. The molecule has 0 atom stereocenters. The number of aliphatic carboxylic acids is 1. The van der Waals surface area contributed by atoms with E-state index < -0.39 is 5.97 Å². The summed E-state index contributed by atoms with van der Waals surface area (Å²) < 4.78 is 10.4. The highest BCUT2D eigenvalue weighted by atomic mass is 32.1. The highest BCUT2D eigenvalue weighted by Gasteiger charge is 2.15. The van der Waals surface area contributed by atoms with Gasteiger partial charge in [0.05, 0.1) is 23.6 Å². The molecule has 8 heteroatoms. The zero-order valence-corrected chi connectivity index (χ0v) is 12.8. The predicted molar refractivity (Wildman–Crippen MR) is 79.7 cm³/mol. The van der Waals surface area contributed by atoms with Gasteiger partial charge in [-0.1, -0.05) is 6.07 Å². The van der Waals surface area contributed by atoms with Crippen molar-refractivity contribution in [3.63, 3.8) is 0 Å². The van der Waals surface area contributed by atoms with E-state index in [9.17, 15) is 9.59 Å². The monoisotopic (exact) mass is 324 g/mol. The first-order chi connectivity index (χ1) is 10.6. The molecule has 1 amide bonds. The number of ether oxygens (including phenoxy) is 1. The third kappa shape index (κ3) is 4.68. The Balaban J connectivity index is 1.80. The summed E-state index contributed by atoms with van der Waals surface area (Å²) in [5.41, 5.74) is 0.590.